The number of nitrogens with one attached hydrogen (secondary N) is 2. The molecule has 0 saturated carbocycles. The van der Waals surface area contributed by atoms with Crippen LogP contribution in [0.5, 0.6) is 0 Å². The van der Waals surface area contributed by atoms with Gasteiger partial charge in [0, 0.05) is 32.7 Å². The maximum atomic E-state index is 5.77. The van der Waals surface area contributed by atoms with E-state index in [2.05, 4.69) is 53.2 Å². The molecule has 0 aromatic rings. The Labute approximate surface area is 142 Å². The van der Waals surface area contributed by atoms with E-state index in [9.17, 15) is 0 Å². The molecule has 0 radical (unpaired) electrons. The molecule has 0 aromatic heterocycles. The fraction of sp³-hybridized carbons (Fsp3) is 0.941. The van der Waals surface area contributed by atoms with Crippen LogP contribution in [0.25, 0.3) is 0 Å². The molecule has 1 aliphatic heterocycles. The summed E-state index contributed by atoms with van der Waals surface area (Å²) in [5.74, 6) is 0.872. The summed E-state index contributed by atoms with van der Waals surface area (Å²) in [5, 5.41) is 6.87. The van der Waals surface area contributed by atoms with Crippen LogP contribution in [0.15, 0.2) is 4.99 Å². The van der Waals surface area contributed by atoms with E-state index >= 15 is 0 Å². The Bertz CT molecular complexity index is 333. The number of hydrogen-bond donors (Lipinski definition) is 2. The zero-order valence-electron chi connectivity index (χ0n) is 15.8. The Hall–Kier alpha value is -0.850. The fourth-order valence-electron chi connectivity index (χ4n) is 2.86. The molecule has 1 heterocycles. The molecule has 6 heteroatoms. The monoisotopic (exact) mass is 327 g/mol. The number of likely N-dealkylation sites (N-methyl/N-ethyl adjacent to an activating group) is 1. The number of guanidine groups is 1. The minimum absolute atomic E-state index is 0.241. The van der Waals surface area contributed by atoms with Gasteiger partial charge in [-0.25, -0.2) is 0 Å². The Balaban J connectivity index is 2.21. The summed E-state index contributed by atoms with van der Waals surface area (Å²) in [5.41, 5.74) is 0. The van der Waals surface area contributed by atoms with Gasteiger partial charge in [-0.15, -0.1) is 0 Å². The Morgan fingerprint density at radius 1 is 1.39 bits per heavy atom. The lowest BCUT2D eigenvalue weighted by Crippen LogP contribution is -2.49. The molecule has 0 aromatic carbocycles. The number of nitrogens with zero attached hydrogens (tertiary/aromatic N) is 3. The Morgan fingerprint density at radius 3 is 2.74 bits per heavy atom. The minimum atomic E-state index is 0.241. The summed E-state index contributed by atoms with van der Waals surface area (Å²) >= 11 is 0. The van der Waals surface area contributed by atoms with Gasteiger partial charge in [-0.05, 0) is 46.4 Å². The van der Waals surface area contributed by atoms with Gasteiger partial charge in [0.05, 0.1) is 12.7 Å². The molecule has 2 N–H and O–H groups in total. The normalized spacial score (nSPS) is 21.5. The minimum Gasteiger partial charge on any atom is -0.374 e. The van der Waals surface area contributed by atoms with Gasteiger partial charge in [0.2, 0.25) is 0 Å². The maximum absolute atomic E-state index is 5.77. The molecular formula is C17H37N5O. The highest BCUT2D eigenvalue weighted by molar-refractivity contribution is 5.79. The zero-order valence-corrected chi connectivity index (χ0v) is 15.8. The highest BCUT2D eigenvalue weighted by Crippen LogP contribution is 2.02. The van der Waals surface area contributed by atoms with Gasteiger partial charge < -0.3 is 25.2 Å². The molecule has 2 atom stereocenters. The van der Waals surface area contributed by atoms with Crippen LogP contribution < -0.4 is 10.6 Å². The van der Waals surface area contributed by atoms with Crippen LogP contribution in [-0.4, -0.2) is 87.9 Å². The zero-order chi connectivity index (χ0) is 17.1. The molecule has 23 heavy (non-hydrogen) atoms. The first kappa shape index (κ1) is 20.2. The lowest BCUT2D eigenvalue weighted by molar-refractivity contribution is -0.0161. The molecule has 1 saturated heterocycles. The summed E-state index contributed by atoms with van der Waals surface area (Å²) in [6.07, 6.45) is 2.61. The van der Waals surface area contributed by atoms with Crippen molar-refractivity contribution in [3.8, 4) is 0 Å². The molecule has 2 unspecified atom stereocenters. The van der Waals surface area contributed by atoms with Gasteiger partial charge in [0.25, 0.3) is 0 Å². The van der Waals surface area contributed by atoms with Crippen LogP contribution in [0.2, 0.25) is 0 Å². The van der Waals surface area contributed by atoms with Crippen LogP contribution in [0.1, 0.15) is 33.6 Å². The third kappa shape index (κ3) is 8.53. The van der Waals surface area contributed by atoms with Gasteiger partial charge >= 0.3 is 0 Å². The van der Waals surface area contributed by atoms with Gasteiger partial charge in [0.1, 0.15) is 0 Å². The van der Waals surface area contributed by atoms with Gasteiger partial charge in [-0.3, -0.25) is 4.99 Å². The van der Waals surface area contributed by atoms with E-state index in [1.807, 2.05) is 7.05 Å². The smallest absolute Gasteiger partial charge is 0.191 e. The quantitative estimate of drug-likeness (QED) is 0.489. The van der Waals surface area contributed by atoms with Crippen LogP contribution >= 0.6 is 0 Å². The second-order valence-electron chi connectivity index (χ2n) is 6.42. The van der Waals surface area contributed by atoms with Crippen molar-refractivity contribution in [1.29, 1.82) is 0 Å². The topological polar surface area (TPSA) is 52.1 Å². The lowest BCUT2D eigenvalue weighted by atomic mass is 10.2. The largest absolute Gasteiger partial charge is 0.374 e. The van der Waals surface area contributed by atoms with Crippen molar-refractivity contribution in [3.63, 3.8) is 0 Å². The molecule has 1 aliphatic rings. The van der Waals surface area contributed by atoms with Crippen molar-refractivity contribution in [1.82, 2.24) is 20.4 Å². The van der Waals surface area contributed by atoms with Crippen molar-refractivity contribution >= 4 is 5.96 Å². The van der Waals surface area contributed by atoms with Crippen molar-refractivity contribution in [2.24, 2.45) is 4.99 Å². The van der Waals surface area contributed by atoms with E-state index in [0.29, 0.717) is 6.04 Å². The fourth-order valence-corrected chi connectivity index (χ4v) is 2.86. The lowest BCUT2D eigenvalue weighted by Gasteiger charge is -2.30. The number of ether oxygens (including phenoxy) is 1. The molecule has 1 fully saturated rings. The maximum Gasteiger partial charge on any atom is 0.191 e. The average Bonchev–Trinajstić information content (AvgIpc) is 2.55. The number of morpholine rings is 1. The number of aliphatic imine (C=N–C) groups is 1. The predicted octanol–water partition coefficient (Wildman–Crippen LogP) is 0.993. The number of rotatable bonds is 9. The van der Waals surface area contributed by atoms with Gasteiger partial charge in [-0.2, -0.15) is 0 Å². The highest BCUT2D eigenvalue weighted by Gasteiger charge is 2.18. The molecule has 0 spiro atoms. The molecule has 0 bridgehead atoms. The predicted molar refractivity (Wildman–Crippen MR) is 98.2 cm³/mol. The van der Waals surface area contributed by atoms with Crippen LogP contribution in [0.3, 0.4) is 0 Å². The Kier molecular flexibility index (Phi) is 10.2. The molecule has 1 rings (SSSR count). The summed E-state index contributed by atoms with van der Waals surface area (Å²) in [6, 6.07) is 0.423. The first-order valence-electron chi connectivity index (χ1n) is 9.08. The van der Waals surface area contributed by atoms with E-state index in [0.717, 1.165) is 51.7 Å². The molecular weight excluding hydrogens is 290 g/mol. The molecule has 6 nitrogen and oxygen atoms in total. The van der Waals surface area contributed by atoms with Crippen molar-refractivity contribution in [3.05, 3.63) is 0 Å². The van der Waals surface area contributed by atoms with Crippen LogP contribution in [0.4, 0.5) is 0 Å². The van der Waals surface area contributed by atoms with E-state index in [4.69, 9.17) is 4.74 Å². The highest BCUT2D eigenvalue weighted by atomic mass is 16.5. The summed E-state index contributed by atoms with van der Waals surface area (Å²) in [6.45, 7) is 13.7. The first-order chi connectivity index (χ1) is 11.1. The van der Waals surface area contributed by atoms with Crippen molar-refractivity contribution in [2.75, 3.05) is 60.0 Å². The molecule has 0 aliphatic carbocycles. The van der Waals surface area contributed by atoms with Gasteiger partial charge in [0.15, 0.2) is 5.96 Å². The van der Waals surface area contributed by atoms with E-state index in [-0.39, 0.29) is 6.10 Å². The summed E-state index contributed by atoms with van der Waals surface area (Å²) < 4.78 is 5.77. The second kappa shape index (κ2) is 11.6. The summed E-state index contributed by atoms with van der Waals surface area (Å²) in [4.78, 5) is 9.10. The number of hydrogen-bond acceptors (Lipinski definition) is 4. The SMILES string of the molecule is CCN(CC)CCCC(C)NC(=NC)NCC1CN(C)CCO1. The average molecular weight is 328 g/mol. The van der Waals surface area contributed by atoms with Crippen LogP contribution in [-0.2, 0) is 4.74 Å². The van der Waals surface area contributed by atoms with E-state index in [1.54, 1.807) is 0 Å². The second-order valence-corrected chi connectivity index (χ2v) is 6.42. The van der Waals surface area contributed by atoms with Crippen LogP contribution in [0, 0.1) is 0 Å². The molecule has 0 amide bonds. The van der Waals surface area contributed by atoms with Gasteiger partial charge in [-0.1, -0.05) is 13.8 Å². The van der Waals surface area contributed by atoms with Crippen molar-refractivity contribution in [2.45, 2.75) is 45.8 Å². The third-order valence-corrected chi connectivity index (χ3v) is 4.45. The first-order valence-corrected chi connectivity index (χ1v) is 9.08. The van der Waals surface area contributed by atoms with Crippen molar-refractivity contribution < 1.29 is 4.74 Å². The van der Waals surface area contributed by atoms with E-state index < -0.39 is 0 Å². The summed E-state index contributed by atoms with van der Waals surface area (Å²) in [7, 11) is 3.96. The Morgan fingerprint density at radius 2 is 2.13 bits per heavy atom. The third-order valence-electron chi connectivity index (χ3n) is 4.45. The molecule has 136 valence electrons. The standard InChI is InChI=1S/C17H37N5O/c1-6-22(7-2)10-8-9-15(3)20-17(18-4)19-13-16-14-21(5)11-12-23-16/h15-16H,6-14H2,1-5H3,(H2,18,19,20). The van der Waals surface area contributed by atoms with E-state index in [1.165, 1.54) is 13.0 Å².